The van der Waals surface area contributed by atoms with E-state index in [0.717, 1.165) is 49.7 Å². The molecule has 0 saturated carbocycles. The zero-order valence-electron chi connectivity index (χ0n) is 19.4. The van der Waals surface area contributed by atoms with Gasteiger partial charge in [-0.25, -0.2) is 13.6 Å². The van der Waals surface area contributed by atoms with Crippen LogP contribution in [0.3, 0.4) is 0 Å². The first-order valence-corrected chi connectivity index (χ1v) is 11.3. The standard InChI is InChI=1S/C25H33F2N3O3/c1-29-12-10-22(11-13-29)28-25(31)30(18-20-6-7-21(26)16-24(20)27)17-19-4-8-23(9-5-19)33-15-3-14-32-2/h4-9,16,22H,3,10-15,17-18H2,1-2H3,(H,28,31). The number of methoxy groups -OCH3 is 1. The maximum Gasteiger partial charge on any atom is 0.318 e. The predicted molar refractivity (Wildman–Crippen MR) is 123 cm³/mol. The number of carbonyl (C=O) groups is 1. The molecule has 1 aliphatic rings. The second kappa shape index (κ2) is 12.5. The Kier molecular flexibility index (Phi) is 9.45. The maximum atomic E-state index is 14.3. The molecule has 6 nitrogen and oxygen atoms in total. The molecule has 1 saturated heterocycles. The number of hydrogen-bond donors (Lipinski definition) is 1. The molecule has 0 radical (unpaired) electrons. The quantitative estimate of drug-likeness (QED) is 0.539. The van der Waals surface area contributed by atoms with E-state index < -0.39 is 11.6 Å². The van der Waals surface area contributed by atoms with Gasteiger partial charge in [-0.05, 0) is 56.7 Å². The van der Waals surface area contributed by atoms with E-state index in [1.807, 2.05) is 24.3 Å². The van der Waals surface area contributed by atoms with Gasteiger partial charge in [0, 0.05) is 44.4 Å². The van der Waals surface area contributed by atoms with Gasteiger partial charge in [0.2, 0.25) is 0 Å². The second-order valence-corrected chi connectivity index (χ2v) is 8.46. The van der Waals surface area contributed by atoms with Crippen LogP contribution in [0.1, 0.15) is 30.4 Å². The molecule has 0 unspecified atom stereocenters. The molecule has 1 aliphatic heterocycles. The van der Waals surface area contributed by atoms with Gasteiger partial charge in [0.1, 0.15) is 17.4 Å². The minimum absolute atomic E-state index is 0.0415. The molecule has 1 heterocycles. The summed E-state index contributed by atoms with van der Waals surface area (Å²) in [6, 6.07) is 10.8. The van der Waals surface area contributed by atoms with Crippen molar-refractivity contribution in [2.24, 2.45) is 0 Å². The Morgan fingerprint density at radius 3 is 2.48 bits per heavy atom. The van der Waals surface area contributed by atoms with Gasteiger partial charge in [-0.3, -0.25) is 0 Å². The third-order valence-corrected chi connectivity index (χ3v) is 5.77. The van der Waals surface area contributed by atoms with Crippen LogP contribution in [0.5, 0.6) is 5.75 Å². The maximum absolute atomic E-state index is 14.3. The Morgan fingerprint density at radius 2 is 1.82 bits per heavy atom. The lowest BCUT2D eigenvalue weighted by Gasteiger charge is -2.32. The van der Waals surface area contributed by atoms with Crippen LogP contribution in [0.25, 0.3) is 0 Å². The number of carbonyl (C=O) groups excluding carboxylic acids is 1. The molecule has 2 aromatic carbocycles. The lowest BCUT2D eigenvalue weighted by molar-refractivity contribution is 0.172. The lowest BCUT2D eigenvalue weighted by atomic mass is 10.1. The van der Waals surface area contributed by atoms with Gasteiger partial charge in [-0.2, -0.15) is 0 Å². The normalized spacial score (nSPS) is 14.8. The van der Waals surface area contributed by atoms with Gasteiger partial charge >= 0.3 is 6.03 Å². The monoisotopic (exact) mass is 461 g/mol. The summed E-state index contributed by atoms with van der Waals surface area (Å²) in [5.74, 6) is -0.562. The van der Waals surface area contributed by atoms with Crippen LogP contribution in [0.15, 0.2) is 42.5 Å². The molecule has 0 atom stereocenters. The number of nitrogens with one attached hydrogen (secondary N) is 1. The summed E-state index contributed by atoms with van der Waals surface area (Å²) in [7, 11) is 3.72. The molecule has 1 fully saturated rings. The van der Waals surface area contributed by atoms with Crippen molar-refractivity contribution in [1.82, 2.24) is 15.1 Å². The van der Waals surface area contributed by atoms with Gasteiger partial charge in [0.05, 0.1) is 13.2 Å². The summed E-state index contributed by atoms with van der Waals surface area (Å²) >= 11 is 0. The Balaban J connectivity index is 1.67. The van der Waals surface area contributed by atoms with Crippen molar-refractivity contribution >= 4 is 6.03 Å². The molecular formula is C25H33F2N3O3. The number of likely N-dealkylation sites (tertiary alicyclic amines) is 1. The highest BCUT2D eigenvalue weighted by Crippen LogP contribution is 2.18. The summed E-state index contributed by atoms with van der Waals surface area (Å²) in [6.07, 6.45) is 2.54. The fourth-order valence-corrected chi connectivity index (χ4v) is 3.78. The molecule has 2 amide bonds. The molecule has 2 aromatic rings. The molecular weight excluding hydrogens is 428 g/mol. The number of amides is 2. The fraction of sp³-hybridized carbons (Fsp3) is 0.480. The summed E-state index contributed by atoms with van der Waals surface area (Å²) in [5, 5.41) is 3.09. The third-order valence-electron chi connectivity index (χ3n) is 5.77. The van der Waals surface area contributed by atoms with Crippen molar-refractivity contribution < 1.29 is 23.0 Å². The minimum atomic E-state index is -0.660. The zero-order valence-corrected chi connectivity index (χ0v) is 19.4. The van der Waals surface area contributed by atoms with Crippen LogP contribution in [0.2, 0.25) is 0 Å². The first kappa shape index (κ1) is 24.9. The molecule has 0 spiro atoms. The Hall–Kier alpha value is -2.71. The number of rotatable bonds is 10. The van der Waals surface area contributed by atoms with Crippen LogP contribution in [-0.4, -0.2) is 62.3 Å². The number of piperidine rings is 1. The molecule has 0 aliphatic carbocycles. The topological polar surface area (TPSA) is 54.0 Å². The smallest absolute Gasteiger partial charge is 0.318 e. The summed E-state index contributed by atoms with van der Waals surface area (Å²) in [6.45, 7) is 3.37. The number of urea groups is 1. The van der Waals surface area contributed by atoms with Crippen LogP contribution in [0, 0.1) is 11.6 Å². The number of ether oxygens (including phenoxy) is 2. The summed E-state index contributed by atoms with van der Waals surface area (Å²) in [5.41, 5.74) is 1.16. The molecule has 180 valence electrons. The first-order chi connectivity index (χ1) is 15.9. The van der Waals surface area contributed by atoms with Gasteiger partial charge in [0.15, 0.2) is 0 Å². The highest BCUT2D eigenvalue weighted by Gasteiger charge is 2.23. The summed E-state index contributed by atoms with van der Waals surface area (Å²) in [4.78, 5) is 16.9. The van der Waals surface area contributed by atoms with E-state index >= 15 is 0 Å². The minimum Gasteiger partial charge on any atom is -0.494 e. The molecule has 8 heteroatoms. The van der Waals surface area contributed by atoms with Crippen molar-refractivity contribution in [3.05, 3.63) is 65.2 Å². The Labute approximate surface area is 194 Å². The SMILES string of the molecule is COCCCOc1ccc(CN(Cc2ccc(F)cc2F)C(=O)NC2CCN(C)CC2)cc1. The van der Waals surface area contributed by atoms with Crippen molar-refractivity contribution in [2.45, 2.75) is 38.4 Å². The average molecular weight is 462 g/mol. The largest absolute Gasteiger partial charge is 0.494 e. The Morgan fingerprint density at radius 1 is 1.09 bits per heavy atom. The van der Waals surface area contributed by atoms with Crippen LogP contribution in [-0.2, 0) is 17.8 Å². The highest BCUT2D eigenvalue weighted by molar-refractivity contribution is 5.74. The zero-order chi connectivity index (χ0) is 23.6. The lowest BCUT2D eigenvalue weighted by Crippen LogP contribution is -2.48. The van der Waals surface area contributed by atoms with Crippen LogP contribution >= 0.6 is 0 Å². The molecule has 3 rings (SSSR count). The number of benzene rings is 2. The molecule has 33 heavy (non-hydrogen) atoms. The summed E-state index contributed by atoms with van der Waals surface area (Å²) < 4.78 is 38.4. The Bertz CT molecular complexity index is 887. The van der Waals surface area contributed by atoms with E-state index in [9.17, 15) is 13.6 Å². The number of halogens is 2. The van der Waals surface area contributed by atoms with E-state index in [1.165, 1.54) is 12.1 Å². The van der Waals surface area contributed by atoms with Crippen molar-refractivity contribution in [3.8, 4) is 5.75 Å². The molecule has 0 bridgehead atoms. The van der Waals surface area contributed by atoms with Crippen molar-refractivity contribution in [2.75, 3.05) is 40.5 Å². The average Bonchev–Trinajstić information content (AvgIpc) is 2.80. The highest BCUT2D eigenvalue weighted by atomic mass is 19.1. The second-order valence-electron chi connectivity index (χ2n) is 8.46. The van der Waals surface area contributed by atoms with Crippen molar-refractivity contribution in [1.29, 1.82) is 0 Å². The molecule has 0 aromatic heterocycles. The van der Waals surface area contributed by atoms with Gasteiger partial charge in [-0.15, -0.1) is 0 Å². The van der Waals surface area contributed by atoms with E-state index in [4.69, 9.17) is 9.47 Å². The van der Waals surface area contributed by atoms with E-state index in [-0.39, 0.29) is 24.2 Å². The first-order valence-electron chi connectivity index (χ1n) is 11.3. The van der Waals surface area contributed by atoms with Crippen LogP contribution in [0.4, 0.5) is 13.6 Å². The van der Waals surface area contributed by atoms with Crippen molar-refractivity contribution in [3.63, 3.8) is 0 Å². The van der Waals surface area contributed by atoms with Gasteiger partial charge in [-0.1, -0.05) is 18.2 Å². The van der Waals surface area contributed by atoms with Crippen LogP contribution < -0.4 is 10.1 Å². The van der Waals surface area contributed by atoms with Gasteiger partial charge in [0.25, 0.3) is 0 Å². The molecule has 1 N–H and O–H groups in total. The number of hydrogen-bond acceptors (Lipinski definition) is 4. The van der Waals surface area contributed by atoms with E-state index in [2.05, 4.69) is 17.3 Å². The van der Waals surface area contributed by atoms with Gasteiger partial charge < -0.3 is 24.6 Å². The predicted octanol–water partition coefficient (Wildman–Crippen LogP) is 4.19. The fourth-order valence-electron chi connectivity index (χ4n) is 3.78. The number of nitrogens with zero attached hydrogens (tertiary/aromatic N) is 2. The third kappa shape index (κ3) is 7.98. The van der Waals surface area contributed by atoms with E-state index in [0.29, 0.717) is 19.8 Å². The van der Waals surface area contributed by atoms with E-state index in [1.54, 1.807) is 12.0 Å².